The number of nitrogens with zero attached hydrogens (tertiary/aromatic N) is 1. The third-order valence-corrected chi connectivity index (χ3v) is 4.95. The normalized spacial score (nSPS) is 19.0. The summed E-state index contributed by atoms with van der Waals surface area (Å²) in [5, 5.41) is 4.12. The summed E-state index contributed by atoms with van der Waals surface area (Å²) in [5.41, 5.74) is 1.56. The van der Waals surface area contributed by atoms with Crippen molar-refractivity contribution in [3.8, 4) is 0 Å². The first-order valence-electron chi connectivity index (χ1n) is 9.26. The molecule has 1 aromatic heterocycles. The lowest BCUT2D eigenvalue weighted by molar-refractivity contribution is -0.127. The second-order valence-corrected chi connectivity index (χ2v) is 7.06. The van der Waals surface area contributed by atoms with E-state index in [0.717, 1.165) is 36.6 Å². The van der Waals surface area contributed by atoms with Gasteiger partial charge in [-0.3, -0.25) is 9.59 Å². The zero-order chi connectivity index (χ0) is 17.8. The Hall–Kier alpha value is -2.30. The van der Waals surface area contributed by atoms with Crippen LogP contribution in [0.2, 0.25) is 0 Å². The molecule has 0 unspecified atom stereocenters. The van der Waals surface area contributed by atoms with Crippen LogP contribution in [-0.2, 0) is 4.79 Å². The van der Waals surface area contributed by atoms with Crippen LogP contribution in [0, 0.1) is 5.92 Å². The highest BCUT2D eigenvalue weighted by molar-refractivity contribution is 5.98. The van der Waals surface area contributed by atoms with E-state index >= 15 is 0 Å². The Bertz CT molecular complexity index is 719. The Morgan fingerprint density at radius 1 is 1.36 bits per heavy atom. The Balaban J connectivity index is 1.66. The number of nitrogens with one attached hydrogen (secondary N) is 2. The number of likely N-dealkylation sites (tertiary alicyclic amines) is 1. The number of hydrogen-bond donors (Lipinski definition) is 2. The van der Waals surface area contributed by atoms with Crippen LogP contribution >= 0.6 is 0 Å². The smallest absolute Gasteiger partial charge is 0.270 e. The molecule has 0 aliphatic carbocycles. The number of hydrogen-bond acceptors (Lipinski definition) is 2. The van der Waals surface area contributed by atoms with Crippen molar-refractivity contribution >= 4 is 22.7 Å². The molecule has 2 N–H and O–H groups in total. The first kappa shape index (κ1) is 17.5. The van der Waals surface area contributed by atoms with Crippen molar-refractivity contribution in [1.82, 2.24) is 15.2 Å². The number of carbonyl (C=O) groups excluding carboxylic acids is 2. The minimum absolute atomic E-state index is 0.0182. The Kier molecular flexibility index (Phi) is 5.41. The third-order valence-electron chi connectivity index (χ3n) is 4.95. The maximum atomic E-state index is 12.8. The average Bonchev–Trinajstić information content (AvgIpc) is 3.05. The minimum atomic E-state index is -0.110. The van der Waals surface area contributed by atoms with Crippen molar-refractivity contribution < 1.29 is 9.59 Å². The van der Waals surface area contributed by atoms with Gasteiger partial charge in [0.2, 0.25) is 5.91 Å². The van der Waals surface area contributed by atoms with E-state index in [4.69, 9.17) is 0 Å². The van der Waals surface area contributed by atoms with Gasteiger partial charge in [-0.1, -0.05) is 31.5 Å². The van der Waals surface area contributed by atoms with Crippen LogP contribution in [-0.4, -0.2) is 40.8 Å². The lowest BCUT2D eigenvalue weighted by atomic mass is 9.96. The average molecular weight is 341 g/mol. The number of aromatic amines is 1. The van der Waals surface area contributed by atoms with Gasteiger partial charge in [0, 0.05) is 30.0 Å². The second kappa shape index (κ2) is 7.72. The van der Waals surface area contributed by atoms with E-state index in [1.807, 2.05) is 42.2 Å². The second-order valence-electron chi connectivity index (χ2n) is 7.06. The molecule has 5 heteroatoms. The number of H-pyrrole nitrogens is 1. The molecule has 0 bridgehead atoms. The Morgan fingerprint density at radius 2 is 2.16 bits per heavy atom. The largest absolute Gasteiger partial charge is 0.353 e. The van der Waals surface area contributed by atoms with Crippen molar-refractivity contribution in [3.63, 3.8) is 0 Å². The predicted molar refractivity (Wildman–Crippen MR) is 99.4 cm³/mol. The zero-order valence-corrected chi connectivity index (χ0v) is 15.0. The van der Waals surface area contributed by atoms with Crippen molar-refractivity contribution in [2.45, 2.75) is 45.6 Å². The number of fused-ring (bicyclic) bond motifs is 1. The minimum Gasteiger partial charge on any atom is -0.353 e. The Labute approximate surface area is 148 Å². The molecule has 25 heavy (non-hydrogen) atoms. The third kappa shape index (κ3) is 4.03. The highest BCUT2D eigenvalue weighted by Crippen LogP contribution is 2.21. The topological polar surface area (TPSA) is 65.2 Å². The SMILES string of the molecule is CCC[C@@H](C)NC(=O)[C@H]1CCCN(C(=O)c2cc3ccccc3[nH]2)C1. The number of amides is 2. The molecule has 1 aromatic carbocycles. The van der Waals surface area contributed by atoms with Crippen molar-refractivity contribution in [2.24, 2.45) is 5.92 Å². The van der Waals surface area contributed by atoms with Crippen LogP contribution in [0.4, 0.5) is 0 Å². The van der Waals surface area contributed by atoms with Gasteiger partial charge in [0.05, 0.1) is 5.92 Å². The van der Waals surface area contributed by atoms with Crippen LogP contribution in [0.5, 0.6) is 0 Å². The molecule has 1 aliphatic heterocycles. The predicted octanol–water partition coefficient (Wildman–Crippen LogP) is 3.32. The maximum Gasteiger partial charge on any atom is 0.270 e. The van der Waals surface area contributed by atoms with Gasteiger partial charge >= 0.3 is 0 Å². The van der Waals surface area contributed by atoms with E-state index < -0.39 is 0 Å². The first-order chi connectivity index (χ1) is 12.1. The maximum absolute atomic E-state index is 12.8. The molecule has 2 heterocycles. The summed E-state index contributed by atoms with van der Waals surface area (Å²) in [4.78, 5) is 30.3. The van der Waals surface area contributed by atoms with Crippen LogP contribution in [0.15, 0.2) is 30.3 Å². The van der Waals surface area contributed by atoms with E-state index in [-0.39, 0.29) is 23.8 Å². The van der Waals surface area contributed by atoms with E-state index in [9.17, 15) is 9.59 Å². The highest BCUT2D eigenvalue weighted by Gasteiger charge is 2.29. The van der Waals surface area contributed by atoms with Gasteiger partial charge in [-0.15, -0.1) is 0 Å². The summed E-state index contributed by atoms with van der Waals surface area (Å²) in [7, 11) is 0. The molecule has 134 valence electrons. The number of carbonyl (C=O) groups is 2. The van der Waals surface area contributed by atoms with Gasteiger partial charge < -0.3 is 15.2 Å². The van der Waals surface area contributed by atoms with Crippen LogP contribution in [0.1, 0.15) is 50.0 Å². The van der Waals surface area contributed by atoms with Crippen LogP contribution < -0.4 is 5.32 Å². The molecule has 3 rings (SSSR count). The molecule has 0 saturated carbocycles. The van der Waals surface area contributed by atoms with E-state index in [1.165, 1.54) is 0 Å². The van der Waals surface area contributed by atoms with Crippen LogP contribution in [0.25, 0.3) is 10.9 Å². The molecule has 1 saturated heterocycles. The molecule has 5 nitrogen and oxygen atoms in total. The number of piperidine rings is 1. The molecule has 1 aliphatic rings. The lowest BCUT2D eigenvalue weighted by Crippen LogP contribution is -2.47. The quantitative estimate of drug-likeness (QED) is 0.876. The van der Waals surface area contributed by atoms with E-state index in [2.05, 4.69) is 17.2 Å². The van der Waals surface area contributed by atoms with E-state index in [0.29, 0.717) is 18.8 Å². The van der Waals surface area contributed by atoms with Crippen molar-refractivity contribution in [3.05, 3.63) is 36.0 Å². The zero-order valence-electron chi connectivity index (χ0n) is 15.0. The summed E-state index contributed by atoms with van der Waals surface area (Å²) >= 11 is 0. The van der Waals surface area contributed by atoms with Crippen molar-refractivity contribution in [1.29, 1.82) is 0 Å². The van der Waals surface area contributed by atoms with Gasteiger partial charge in [-0.25, -0.2) is 0 Å². The van der Waals surface area contributed by atoms with E-state index in [1.54, 1.807) is 0 Å². The highest BCUT2D eigenvalue weighted by atomic mass is 16.2. The number of aromatic nitrogens is 1. The Morgan fingerprint density at radius 3 is 2.92 bits per heavy atom. The molecular weight excluding hydrogens is 314 g/mol. The molecule has 1 fully saturated rings. The van der Waals surface area contributed by atoms with Crippen molar-refractivity contribution in [2.75, 3.05) is 13.1 Å². The molecular formula is C20H27N3O2. The fourth-order valence-corrected chi connectivity index (χ4v) is 3.60. The number of benzene rings is 1. The molecule has 2 atom stereocenters. The van der Waals surface area contributed by atoms with Gasteiger partial charge in [0.1, 0.15) is 5.69 Å². The molecule has 2 aromatic rings. The number of rotatable bonds is 5. The van der Waals surface area contributed by atoms with Gasteiger partial charge in [-0.2, -0.15) is 0 Å². The first-order valence-corrected chi connectivity index (χ1v) is 9.26. The fraction of sp³-hybridized carbons (Fsp3) is 0.500. The van der Waals surface area contributed by atoms with Crippen LogP contribution in [0.3, 0.4) is 0 Å². The summed E-state index contributed by atoms with van der Waals surface area (Å²) < 4.78 is 0. The monoisotopic (exact) mass is 341 g/mol. The van der Waals surface area contributed by atoms with Gasteiger partial charge in [0.25, 0.3) is 5.91 Å². The summed E-state index contributed by atoms with van der Waals surface area (Å²) in [6.45, 7) is 5.36. The standard InChI is InChI=1S/C20H27N3O2/c1-3-7-14(2)21-19(24)16-9-6-11-23(13-16)20(25)18-12-15-8-4-5-10-17(15)22-18/h4-5,8,10,12,14,16,22H,3,6-7,9,11,13H2,1-2H3,(H,21,24)/t14-,16+/m1/s1. The molecule has 2 amide bonds. The summed E-state index contributed by atoms with van der Waals surface area (Å²) in [6.07, 6.45) is 3.75. The summed E-state index contributed by atoms with van der Waals surface area (Å²) in [6, 6.07) is 9.95. The summed E-state index contributed by atoms with van der Waals surface area (Å²) in [5.74, 6) is -0.0493. The van der Waals surface area contributed by atoms with Gasteiger partial charge in [0.15, 0.2) is 0 Å². The fourth-order valence-electron chi connectivity index (χ4n) is 3.60. The number of para-hydroxylation sites is 1. The molecule has 0 spiro atoms. The molecule has 0 radical (unpaired) electrons. The lowest BCUT2D eigenvalue weighted by Gasteiger charge is -2.32. The van der Waals surface area contributed by atoms with Gasteiger partial charge in [-0.05, 0) is 38.3 Å².